The van der Waals surface area contributed by atoms with E-state index >= 15 is 0 Å². The van der Waals surface area contributed by atoms with Gasteiger partial charge >= 0.3 is 0 Å². The normalized spacial score (nSPS) is 11.1. The van der Waals surface area contributed by atoms with Gasteiger partial charge in [0.25, 0.3) is 0 Å². The van der Waals surface area contributed by atoms with Crippen LogP contribution in [0.4, 0.5) is 0 Å². The zero-order chi connectivity index (χ0) is 17.4. The number of rotatable bonds is 3. The predicted octanol–water partition coefficient (Wildman–Crippen LogP) is 4.98. The van der Waals surface area contributed by atoms with Crippen LogP contribution >= 0.6 is 11.6 Å². The third-order valence-corrected chi connectivity index (χ3v) is 4.50. The Morgan fingerprint density at radius 1 is 1.04 bits per heavy atom. The van der Waals surface area contributed by atoms with Crippen molar-refractivity contribution in [1.82, 2.24) is 14.6 Å². The topological polar surface area (TPSA) is 50.4 Å². The molecule has 0 fully saturated rings. The number of halogens is 1. The van der Waals surface area contributed by atoms with Crippen molar-refractivity contribution in [2.45, 2.75) is 13.3 Å². The van der Waals surface area contributed by atoms with Crippen molar-refractivity contribution in [1.29, 1.82) is 0 Å². The average Bonchev–Trinajstić information content (AvgIpc) is 3.07. The van der Waals surface area contributed by atoms with Crippen LogP contribution in [-0.4, -0.2) is 19.7 Å². The molecule has 0 radical (unpaired) electrons. The maximum atomic E-state index is 10.3. The Morgan fingerprint density at radius 2 is 1.84 bits per heavy atom. The lowest BCUT2D eigenvalue weighted by Crippen LogP contribution is -1.96. The van der Waals surface area contributed by atoms with Gasteiger partial charge in [-0.25, -0.2) is 9.50 Å². The van der Waals surface area contributed by atoms with Crippen molar-refractivity contribution in [2.75, 3.05) is 0 Å². The number of benzene rings is 2. The van der Waals surface area contributed by atoms with E-state index in [9.17, 15) is 5.11 Å². The number of phenols is 1. The van der Waals surface area contributed by atoms with Gasteiger partial charge < -0.3 is 5.11 Å². The van der Waals surface area contributed by atoms with E-state index in [1.807, 2.05) is 48.5 Å². The van der Waals surface area contributed by atoms with Crippen LogP contribution in [0.1, 0.15) is 12.5 Å². The Kier molecular flexibility index (Phi) is 3.90. The predicted molar refractivity (Wildman–Crippen MR) is 99.9 cm³/mol. The van der Waals surface area contributed by atoms with E-state index < -0.39 is 0 Å². The van der Waals surface area contributed by atoms with Gasteiger partial charge in [-0.2, -0.15) is 5.10 Å². The Balaban J connectivity index is 1.90. The second-order valence-electron chi connectivity index (χ2n) is 5.84. The van der Waals surface area contributed by atoms with Crippen molar-refractivity contribution in [3.05, 3.63) is 71.4 Å². The molecule has 0 saturated carbocycles. The van der Waals surface area contributed by atoms with Gasteiger partial charge in [-0.15, -0.1) is 0 Å². The van der Waals surface area contributed by atoms with Crippen molar-refractivity contribution < 1.29 is 5.11 Å². The highest BCUT2D eigenvalue weighted by Gasteiger charge is 2.13. The highest BCUT2D eigenvalue weighted by Crippen LogP contribution is 2.31. The fourth-order valence-electron chi connectivity index (χ4n) is 2.87. The lowest BCUT2D eigenvalue weighted by Gasteiger charge is -2.08. The second kappa shape index (κ2) is 6.22. The van der Waals surface area contributed by atoms with E-state index in [0.29, 0.717) is 5.02 Å². The summed E-state index contributed by atoms with van der Waals surface area (Å²) in [6, 6.07) is 17.0. The van der Waals surface area contributed by atoms with Crippen LogP contribution in [0.2, 0.25) is 5.02 Å². The molecule has 4 nitrogen and oxygen atoms in total. The number of hydrogen-bond donors (Lipinski definition) is 1. The molecule has 0 spiro atoms. The summed E-state index contributed by atoms with van der Waals surface area (Å²) in [5, 5.41) is 15.7. The molecule has 2 heterocycles. The van der Waals surface area contributed by atoms with Crippen LogP contribution in [0.5, 0.6) is 5.75 Å². The molecule has 2 aromatic heterocycles. The largest absolute Gasteiger partial charge is 0.507 e. The molecule has 0 atom stereocenters. The molecular formula is C20H16ClN3O. The number of fused-ring (bicyclic) bond motifs is 1. The van der Waals surface area contributed by atoms with Crippen LogP contribution < -0.4 is 0 Å². The van der Waals surface area contributed by atoms with Crippen LogP contribution in [0.3, 0.4) is 0 Å². The summed E-state index contributed by atoms with van der Waals surface area (Å²) >= 11 is 5.96. The van der Waals surface area contributed by atoms with Gasteiger partial charge in [0, 0.05) is 28.4 Å². The number of nitrogens with zero attached hydrogens (tertiary/aromatic N) is 3. The number of aromatic hydroxyl groups is 1. The van der Waals surface area contributed by atoms with Crippen molar-refractivity contribution >= 4 is 17.2 Å². The first-order valence-electron chi connectivity index (χ1n) is 8.08. The molecule has 1 N–H and O–H groups in total. The molecule has 4 aromatic rings. The van der Waals surface area contributed by atoms with Crippen LogP contribution in [0, 0.1) is 0 Å². The highest BCUT2D eigenvalue weighted by molar-refractivity contribution is 6.30. The molecule has 25 heavy (non-hydrogen) atoms. The van der Waals surface area contributed by atoms with E-state index in [2.05, 4.69) is 17.0 Å². The fourth-order valence-corrected chi connectivity index (χ4v) is 3.00. The Hall–Kier alpha value is -2.85. The van der Waals surface area contributed by atoms with Gasteiger partial charge in [-0.1, -0.05) is 36.7 Å². The monoisotopic (exact) mass is 349 g/mol. The molecule has 0 aliphatic carbocycles. The molecule has 2 aromatic carbocycles. The minimum absolute atomic E-state index is 0.230. The van der Waals surface area contributed by atoms with Gasteiger partial charge in [0.1, 0.15) is 5.75 Å². The summed E-state index contributed by atoms with van der Waals surface area (Å²) in [7, 11) is 0. The summed E-state index contributed by atoms with van der Waals surface area (Å²) in [5.74, 6) is 0.230. The quantitative estimate of drug-likeness (QED) is 0.567. The molecule has 0 aliphatic rings. The summed E-state index contributed by atoms with van der Waals surface area (Å²) in [6.07, 6.45) is 2.63. The molecule has 124 valence electrons. The van der Waals surface area contributed by atoms with Crippen molar-refractivity contribution in [2.24, 2.45) is 0 Å². The number of phenolic OH excluding ortho intramolecular Hbond substituents is 1. The van der Waals surface area contributed by atoms with E-state index in [-0.39, 0.29) is 5.75 Å². The van der Waals surface area contributed by atoms with Crippen LogP contribution in [0.25, 0.3) is 28.2 Å². The maximum absolute atomic E-state index is 10.3. The summed E-state index contributed by atoms with van der Waals surface area (Å²) in [6.45, 7) is 2.09. The standard InChI is InChI=1S/C20H16ClN3O/c1-2-13-3-8-19(25)16(11-13)18-9-10-22-20-12-17(23-24(18)20)14-4-6-15(21)7-5-14/h3-12,25H,2H2,1H3. The molecule has 5 heteroatoms. The maximum Gasteiger partial charge on any atom is 0.156 e. The number of aryl methyl sites for hydroxylation is 1. The van der Waals surface area contributed by atoms with E-state index in [0.717, 1.165) is 40.1 Å². The number of hydrogen-bond acceptors (Lipinski definition) is 3. The van der Waals surface area contributed by atoms with Gasteiger partial charge in [0.05, 0.1) is 11.4 Å². The molecule has 0 saturated heterocycles. The van der Waals surface area contributed by atoms with E-state index in [4.69, 9.17) is 11.6 Å². The summed E-state index contributed by atoms with van der Waals surface area (Å²) in [4.78, 5) is 4.40. The van der Waals surface area contributed by atoms with E-state index in [1.165, 1.54) is 0 Å². The van der Waals surface area contributed by atoms with Crippen LogP contribution in [-0.2, 0) is 6.42 Å². The van der Waals surface area contributed by atoms with E-state index in [1.54, 1.807) is 16.8 Å². The average molecular weight is 350 g/mol. The molecule has 0 bridgehead atoms. The second-order valence-corrected chi connectivity index (χ2v) is 6.28. The molecular weight excluding hydrogens is 334 g/mol. The number of aromatic nitrogens is 3. The first-order valence-corrected chi connectivity index (χ1v) is 8.46. The first-order chi connectivity index (χ1) is 12.2. The van der Waals surface area contributed by atoms with Gasteiger partial charge in [0.2, 0.25) is 0 Å². The summed E-state index contributed by atoms with van der Waals surface area (Å²) < 4.78 is 1.76. The van der Waals surface area contributed by atoms with Crippen molar-refractivity contribution in [3.8, 4) is 28.3 Å². The van der Waals surface area contributed by atoms with Gasteiger partial charge in [-0.3, -0.25) is 0 Å². The Labute approximate surface area is 150 Å². The third-order valence-electron chi connectivity index (χ3n) is 4.24. The van der Waals surface area contributed by atoms with Gasteiger partial charge in [0.15, 0.2) is 5.65 Å². The zero-order valence-electron chi connectivity index (χ0n) is 13.6. The minimum atomic E-state index is 0.230. The SMILES string of the molecule is CCc1ccc(O)c(-c2ccnc3cc(-c4ccc(Cl)cc4)nn23)c1. The third kappa shape index (κ3) is 2.85. The molecule has 4 rings (SSSR count). The Morgan fingerprint density at radius 3 is 2.60 bits per heavy atom. The van der Waals surface area contributed by atoms with Crippen LogP contribution in [0.15, 0.2) is 60.8 Å². The minimum Gasteiger partial charge on any atom is -0.507 e. The molecule has 0 amide bonds. The lowest BCUT2D eigenvalue weighted by atomic mass is 10.1. The van der Waals surface area contributed by atoms with Crippen molar-refractivity contribution in [3.63, 3.8) is 0 Å². The molecule has 0 aliphatic heterocycles. The lowest BCUT2D eigenvalue weighted by molar-refractivity contribution is 0.476. The van der Waals surface area contributed by atoms with Gasteiger partial charge in [-0.05, 0) is 42.3 Å². The first kappa shape index (κ1) is 15.7. The smallest absolute Gasteiger partial charge is 0.156 e. The Bertz CT molecular complexity index is 1050. The zero-order valence-corrected chi connectivity index (χ0v) is 14.4. The fraction of sp³-hybridized carbons (Fsp3) is 0.100. The highest BCUT2D eigenvalue weighted by atomic mass is 35.5. The molecule has 0 unspecified atom stereocenters. The summed E-state index contributed by atoms with van der Waals surface area (Å²) in [5.41, 5.74) is 5.21.